The molecular weight excluding hydrogens is 569 g/mol. The molecule has 0 saturated carbocycles. The van der Waals surface area contributed by atoms with Crippen LogP contribution in [0.15, 0.2) is 97.1 Å². The monoisotopic (exact) mass is 611 g/mol. The van der Waals surface area contributed by atoms with Crippen molar-refractivity contribution in [3.63, 3.8) is 0 Å². The maximum atomic E-state index is 7.63. The lowest BCUT2D eigenvalue weighted by Gasteiger charge is -2.32. The Morgan fingerprint density at radius 3 is 1.40 bits per heavy atom. The number of benzene rings is 5. The normalized spacial score (nSPS) is 12.8. The Kier molecular flexibility index (Phi) is 7.90. The summed E-state index contributed by atoms with van der Waals surface area (Å²) in [5, 5.41) is 0.741. The van der Waals surface area contributed by atoms with E-state index in [0.717, 1.165) is 55.5 Å². The molecule has 2 nitrogen and oxygen atoms in total. The van der Waals surface area contributed by atoms with Gasteiger partial charge in [-0.3, -0.25) is 0 Å². The van der Waals surface area contributed by atoms with E-state index in [1.54, 1.807) is 0 Å². The minimum absolute atomic E-state index is 0.0619. The van der Waals surface area contributed by atoms with Crippen molar-refractivity contribution < 1.29 is 4.74 Å². The van der Waals surface area contributed by atoms with E-state index in [-0.39, 0.29) is 17.5 Å². The minimum Gasteiger partial charge on any atom is -0.458 e. The zero-order valence-corrected chi connectivity index (χ0v) is 28.8. The summed E-state index contributed by atoms with van der Waals surface area (Å²) in [6, 6.07) is 35.3. The highest BCUT2D eigenvalue weighted by Crippen LogP contribution is 2.41. The van der Waals surface area contributed by atoms with Gasteiger partial charge in [0.1, 0.15) is 11.5 Å². The van der Waals surface area contributed by atoms with Crippen molar-refractivity contribution in [2.75, 3.05) is 4.90 Å². The molecule has 5 aromatic carbocycles. The molecule has 0 aromatic heterocycles. The Morgan fingerprint density at radius 1 is 0.533 bits per heavy atom. The first kappa shape index (κ1) is 31.1. The van der Waals surface area contributed by atoms with Crippen LogP contribution < -0.4 is 26.0 Å². The van der Waals surface area contributed by atoms with Crippen LogP contribution in [0.4, 0.5) is 17.1 Å². The average Bonchev–Trinajstić information content (AvgIpc) is 2.97. The number of halogens is 1. The van der Waals surface area contributed by atoms with Crippen LogP contribution in [0.1, 0.15) is 69.4 Å². The van der Waals surface area contributed by atoms with Gasteiger partial charge in [0.2, 0.25) is 0 Å². The van der Waals surface area contributed by atoms with Crippen LogP contribution in [0.3, 0.4) is 0 Å². The molecule has 0 saturated heterocycles. The van der Waals surface area contributed by atoms with E-state index in [9.17, 15) is 0 Å². The van der Waals surface area contributed by atoms with Crippen molar-refractivity contribution in [2.45, 2.75) is 73.1 Å². The molecule has 1 aliphatic rings. The van der Waals surface area contributed by atoms with E-state index in [4.69, 9.17) is 16.3 Å². The van der Waals surface area contributed by atoms with Crippen molar-refractivity contribution in [1.29, 1.82) is 0 Å². The predicted octanol–water partition coefficient (Wildman–Crippen LogP) is 9.95. The van der Waals surface area contributed by atoms with E-state index in [0.29, 0.717) is 0 Å². The number of hydrogen-bond acceptors (Lipinski definition) is 2. The summed E-state index contributed by atoms with van der Waals surface area (Å²) in [5.41, 5.74) is 12.7. The summed E-state index contributed by atoms with van der Waals surface area (Å²) in [6.45, 7) is 19.8. The molecule has 228 valence electrons. The summed E-state index contributed by atoms with van der Waals surface area (Å²) in [6.07, 6.45) is 0. The van der Waals surface area contributed by atoms with Gasteiger partial charge in [0.25, 0.3) is 6.71 Å². The molecule has 0 N–H and O–H groups in total. The Balaban J connectivity index is 1.57. The zero-order valence-electron chi connectivity index (χ0n) is 28.0. The average molecular weight is 612 g/mol. The van der Waals surface area contributed by atoms with E-state index in [1.165, 1.54) is 22.3 Å². The fraction of sp³-hybridized carbons (Fsp3) is 0.268. The molecule has 5 aromatic rings. The summed E-state index contributed by atoms with van der Waals surface area (Å²) in [5.74, 6) is 1.79. The molecule has 6 rings (SSSR count). The number of aryl methyl sites for hydroxylation is 3. The van der Waals surface area contributed by atoms with Crippen LogP contribution in [-0.2, 0) is 10.8 Å². The molecule has 1 heterocycles. The Bertz CT molecular complexity index is 1770. The molecule has 45 heavy (non-hydrogen) atoms. The first-order chi connectivity index (χ1) is 21.2. The van der Waals surface area contributed by atoms with Gasteiger partial charge >= 0.3 is 0 Å². The summed E-state index contributed by atoms with van der Waals surface area (Å²) < 4.78 is 6.50. The van der Waals surface area contributed by atoms with Gasteiger partial charge in [-0.05, 0) is 118 Å². The van der Waals surface area contributed by atoms with E-state index < -0.39 is 0 Å². The Hall–Kier alpha value is -3.95. The molecule has 0 spiro atoms. The predicted molar refractivity (Wildman–Crippen MR) is 195 cm³/mol. The number of rotatable bonds is 4. The number of anilines is 3. The maximum absolute atomic E-state index is 7.63. The number of hydrogen-bond donors (Lipinski definition) is 0. The van der Waals surface area contributed by atoms with Crippen molar-refractivity contribution in [3.8, 4) is 11.5 Å². The highest BCUT2D eigenvalue weighted by molar-refractivity contribution is 6.98. The summed E-state index contributed by atoms with van der Waals surface area (Å²) in [7, 11) is 0. The molecule has 0 fully saturated rings. The van der Waals surface area contributed by atoms with Crippen molar-refractivity contribution in [2.24, 2.45) is 0 Å². The standard InChI is InChI=1S/C41H43BClNO/c1-26-10-20-33-37(24-26)45-38-25-27(2)11-21-34(38)42(33)35-22-28(3)23-36(39(35)43)44(31-16-12-29(13-17-31)40(4,5)6)32-18-14-30(15-19-32)41(7,8)9/h10-25H,1-9H3. The second kappa shape index (κ2) is 11.4. The van der Waals surface area contributed by atoms with Crippen LogP contribution in [0.25, 0.3) is 0 Å². The SMILES string of the molecule is Cc1ccc2c(c1)Oc1cc(C)ccc1B2c1cc(C)cc(N(c2ccc(C(C)(C)C)cc2)c2ccc(C(C)(C)C)cc2)c1Cl. The third-order valence-corrected chi connectivity index (χ3v) is 9.35. The fourth-order valence-corrected chi connectivity index (χ4v) is 6.66. The number of ether oxygens (including phenoxy) is 1. The smallest absolute Gasteiger partial charge is 0.252 e. The van der Waals surface area contributed by atoms with Gasteiger partial charge in [-0.2, -0.15) is 0 Å². The van der Waals surface area contributed by atoms with Gasteiger partial charge in [0, 0.05) is 11.4 Å². The third-order valence-electron chi connectivity index (χ3n) is 8.94. The molecule has 0 aliphatic carbocycles. The molecule has 4 heteroatoms. The molecule has 1 aliphatic heterocycles. The minimum atomic E-state index is -0.0653. The van der Waals surface area contributed by atoms with Gasteiger partial charge in [-0.1, -0.05) is 108 Å². The van der Waals surface area contributed by atoms with E-state index >= 15 is 0 Å². The van der Waals surface area contributed by atoms with Crippen LogP contribution >= 0.6 is 11.6 Å². The first-order valence-electron chi connectivity index (χ1n) is 15.9. The molecular formula is C41H43BClNO. The lowest BCUT2D eigenvalue weighted by Crippen LogP contribution is -2.55. The topological polar surface area (TPSA) is 12.5 Å². The van der Waals surface area contributed by atoms with E-state index in [2.05, 4.69) is 164 Å². The quantitative estimate of drug-likeness (QED) is 0.184. The Morgan fingerprint density at radius 2 is 0.978 bits per heavy atom. The van der Waals surface area contributed by atoms with Crippen LogP contribution in [0.2, 0.25) is 5.02 Å². The highest BCUT2D eigenvalue weighted by atomic mass is 35.5. The van der Waals surface area contributed by atoms with Gasteiger partial charge < -0.3 is 9.64 Å². The second-order valence-electron chi connectivity index (χ2n) is 14.7. The van der Waals surface area contributed by atoms with Crippen molar-refractivity contribution in [3.05, 3.63) is 130 Å². The molecule has 0 radical (unpaired) electrons. The van der Waals surface area contributed by atoms with Gasteiger partial charge in [0.15, 0.2) is 0 Å². The lowest BCUT2D eigenvalue weighted by atomic mass is 9.35. The first-order valence-corrected chi connectivity index (χ1v) is 16.3. The second-order valence-corrected chi connectivity index (χ2v) is 15.1. The number of fused-ring (bicyclic) bond motifs is 2. The molecule has 0 unspecified atom stereocenters. The summed E-state index contributed by atoms with van der Waals surface area (Å²) >= 11 is 7.63. The maximum Gasteiger partial charge on any atom is 0.252 e. The van der Waals surface area contributed by atoms with Crippen LogP contribution in [-0.4, -0.2) is 6.71 Å². The van der Waals surface area contributed by atoms with Gasteiger partial charge in [0.05, 0.1) is 10.7 Å². The summed E-state index contributed by atoms with van der Waals surface area (Å²) in [4.78, 5) is 2.31. The largest absolute Gasteiger partial charge is 0.458 e. The molecule has 0 atom stereocenters. The van der Waals surface area contributed by atoms with Crippen molar-refractivity contribution in [1.82, 2.24) is 0 Å². The van der Waals surface area contributed by atoms with E-state index in [1.807, 2.05) is 0 Å². The third kappa shape index (κ3) is 6.03. The Labute approximate surface area is 275 Å². The highest BCUT2D eigenvalue weighted by Gasteiger charge is 2.35. The van der Waals surface area contributed by atoms with Gasteiger partial charge in [-0.25, -0.2) is 0 Å². The lowest BCUT2D eigenvalue weighted by molar-refractivity contribution is 0.486. The van der Waals surface area contributed by atoms with Crippen LogP contribution in [0, 0.1) is 20.8 Å². The fourth-order valence-electron chi connectivity index (χ4n) is 6.36. The molecule has 0 amide bonds. The van der Waals surface area contributed by atoms with Crippen LogP contribution in [0.5, 0.6) is 11.5 Å². The van der Waals surface area contributed by atoms with Gasteiger partial charge in [-0.15, -0.1) is 0 Å². The number of nitrogens with zero attached hydrogens (tertiary/aromatic N) is 1. The zero-order chi connectivity index (χ0) is 32.3. The van der Waals surface area contributed by atoms with Crippen molar-refractivity contribution >= 4 is 51.8 Å². The molecule has 0 bridgehead atoms.